The highest BCUT2D eigenvalue weighted by Crippen LogP contribution is 2.35. The summed E-state index contributed by atoms with van der Waals surface area (Å²) in [5, 5.41) is 30.3. The summed E-state index contributed by atoms with van der Waals surface area (Å²) in [5.41, 5.74) is 2.43. The number of hydrogen-bond acceptors (Lipinski definition) is 6. The molecule has 5 atom stereocenters. The molecule has 0 saturated carbocycles. The number of aliphatic hydroxyl groups excluding tert-OH is 3. The minimum Gasteiger partial charge on any atom is -0.387 e. The summed E-state index contributed by atoms with van der Waals surface area (Å²) in [6, 6.07) is 13.3. The zero-order chi connectivity index (χ0) is 22.3. The van der Waals surface area contributed by atoms with E-state index in [4.69, 9.17) is 4.74 Å². The van der Waals surface area contributed by atoms with Crippen LogP contribution in [0.4, 0.5) is 8.78 Å². The van der Waals surface area contributed by atoms with Gasteiger partial charge in [-0.3, -0.25) is 0 Å². The summed E-state index contributed by atoms with van der Waals surface area (Å²) < 4.78 is 32.4. The van der Waals surface area contributed by atoms with Crippen LogP contribution in [0.3, 0.4) is 0 Å². The van der Waals surface area contributed by atoms with Crippen LogP contribution in [0.25, 0.3) is 10.4 Å². The number of rotatable bonds is 4. The fraction of sp³-hybridized carbons (Fsp3) is 0.304. The molecule has 0 bridgehead atoms. The van der Waals surface area contributed by atoms with Gasteiger partial charge in [0.25, 0.3) is 0 Å². The fourth-order valence-electron chi connectivity index (χ4n) is 3.66. The first-order valence-corrected chi connectivity index (χ1v) is 11.1. The van der Waals surface area contributed by atoms with Crippen LogP contribution in [-0.2, 0) is 11.2 Å². The van der Waals surface area contributed by atoms with Crippen LogP contribution in [0, 0.1) is 18.6 Å². The molecule has 164 valence electrons. The first-order chi connectivity index (χ1) is 14.7. The van der Waals surface area contributed by atoms with Gasteiger partial charge in [-0.1, -0.05) is 24.3 Å². The standard InChI is InChI=1S/C23H22F2O4S2/c1-11-2-3-13(22-20(27)19(26)21(28)23(30)29-22)8-14(11)9-15-5-7-18(31-15)12-4-6-16(24)17(25)10-12/h2-8,10,19-23,26-28,30H,9H2,1H3/t19-,20-,21+,22?,23-/m1/s1. The lowest BCUT2D eigenvalue weighted by Crippen LogP contribution is -2.52. The summed E-state index contributed by atoms with van der Waals surface area (Å²) in [6.07, 6.45) is -4.13. The molecular formula is C23H22F2O4S2. The summed E-state index contributed by atoms with van der Waals surface area (Å²) in [7, 11) is 0. The van der Waals surface area contributed by atoms with Crippen LogP contribution in [0.15, 0.2) is 48.5 Å². The van der Waals surface area contributed by atoms with Gasteiger partial charge in [-0.05, 0) is 53.4 Å². The van der Waals surface area contributed by atoms with E-state index in [9.17, 15) is 24.1 Å². The van der Waals surface area contributed by atoms with Crippen molar-refractivity contribution in [1.29, 1.82) is 0 Å². The van der Waals surface area contributed by atoms with Gasteiger partial charge in [-0.15, -0.1) is 24.0 Å². The molecular weight excluding hydrogens is 442 g/mol. The molecule has 1 saturated heterocycles. The first-order valence-electron chi connectivity index (χ1n) is 9.76. The van der Waals surface area contributed by atoms with Crippen LogP contribution >= 0.6 is 24.0 Å². The number of ether oxygens (including phenoxy) is 1. The zero-order valence-electron chi connectivity index (χ0n) is 16.6. The Labute approximate surface area is 188 Å². The van der Waals surface area contributed by atoms with E-state index in [0.717, 1.165) is 26.9 Å². The average Bonchev–Trinajstić information content (AvgIpc) is 3.21. The Morgan fingerprint density at radius 2 is 1.71 bits per heavy atom. The summed E-state index contributed by atoms with van der Waals surface area (Å²) in [5.74, 6) is -1.75. The van der Waals surface area contributed by atoms with Gasteiger partial charge in [-0.2, -0.15) is 0 Å². The van der Waals surface area contributed by atoms with Crippen molar-refractivity contribution in [1.82, 2.24) is 0 Å². The largest absolute Gasteiger partial charge is 0.387 e. The summed E-state index contributed by atoms with van der Waals surface area (Å²) in [6.45, 7) is 1.97. The fourth-order valence-corrected chi connectivity index (χ4v) is 5.00. The van der Waals surface area contributed by atoms with E-state index >= 15 is 0 Å². The lowest BCUT2D eigenvalue weighted by Gasteiger charge is -2.39. The maximum atomic E-state index is 13.6. The van der Waals surface area contributed by atoms with Crippen LogP contribution in [-0.4, -0.2) is 39.1 Å². The van der Waals surface area contributed by atoms with Crippen molar-refractivity contribution in [2.45, 2.75) is 43.2 Å². The van der Waals surface area contributed by atoms with E-state index in [0.29, 0.717) is 17.5 Å². The third-order valence-corrected chi connectivity index (χ3v) is 7.08. The van der Waals surface area contributed by atoms with Crippen molar-refractivity contribution in [2.24, 2.45) is 0 Å². The number of benzene rings is 2. The smallest absolute Gasteiger partial charge is 0.159 e. The molecule has 0 amide bonds. The van der Waals surface area contributed by atoms with Crippen LogP contribution in [0.2, 0.25) is 0 Å². The Morgan fingerprint density at radius 3 is 2.45 bits per heavy atom. The summed E-state index contributed by atoms with van der Waals surface area (Å²) >= 11 is 5.64. The average molecular weight is 465 g/mol. The van der Waals surface area contributed by atoms with E-state index in [-0.39, 0.29) is 0 Å². The normalized spacial score (nSPS) is 26.2. The quantitative estimate of drug-likeness (QED) is 0.441. The Hall–Kier alpha value is -1.81. The predicted molar refractivity (Wildman–Crippen MR) is 118 cm³/mol. The van der Waals surface area contributed by atoms with E-state index in [1.165, 1.54) is 17.4 Å². The van der Waals surface area contributed by atoms with E-state index in [1.807, 2.05) is 37.3 Å². The number of hydrogen-bond donors (Lipinski definition) is 4. The molecule has 3 aromatic rings. The Kier molecular flexibility index (Phi) is 6.48. The minimum atomic E-state index is -1.36. The molecule has 31 heavy (non-hydrogen) atoms. The third-order valence-electron chi connectivity index (χ3n) is 5.52. The van der Waals surface area contributed by atoms with Gasteiger partial charge in [0.05, 0.1) is 0 Å². The molecule has 0 radical (unpaired) electrons. The molecule has 4 nitrogen and oxygen atoms in total. The Balaban J connectivity index is 1.57. The van der Waals surface area contributed by atoms with Gasteiger partial charge in [0, 0.05) is 16.2 Å². The number of thiol groups is 1. The van der Waals surface area contributed by atoms with Crippen molar-refractivity contribution >= 4 is 24.0 Å². The molecule has 1 aromatic heterocycles. The molecule has 2 heterocycles. The van der Waals surface area contributed by atoms with Gasteiger partial charge in [0.1, 0.15) is 29.9 Å². The topological polar surface area (TPSA) is 69.9 Å². The Morgan fingerprint density at radius 1 is 0.935 bits per heavy atom. The third kappa shape index (κ3) is 4.55. The zero-order valence-corrected chi connectivity index (χ0v) is 18.3. The second kappa shape index (κ2) is 8.97. The molecule has 0 aliphatic carbocycles. The van der Waals surface area contributed by atoms with Crippen molar-refractivity contribution < 1.29 is 28.8 Å². The van der Waals surface area contributed by atoms with Gasteiger partial charge in [-0.25, -0.2) is 8.78 Å². The molecule has 1 fully saturated rings. The van der Waals surface area contributed by atoms with Crippen molar-refractivity contribution in [3.05, 3.63) is 81.7 Å². The molecule has 3 N–H and O–H groups in total. The maximum Gasteiger partial charge on any atom is 0.159 e. The van der Waals surface area contributed by atoms with Gasteiger partial charge < -0.3 is 20.1 Å². The van der Waals surface area contributed by atoms with Crippen molar-refractivity contribution in [3.63, 3.8) is 0 Å². The predicted octanol–water partition coefficient (Wildman–Crippen LogP) is 4.00. The van der Waals surface area contributed by atoms with Crippen LogP contribution in [0.5, 0.6) is 0 Å². The number of aliphatic hydroxyl groups is 3. The number of halogens is 2. The molecule has 1 aliphatic rings. The minimum absolute atomic E-state index is 0.603. The molecule has 2 aromatic carbocycles. The molecule has 1 aliphatic heterocycles. The van der Waals surface area contributed by atoms with Gasteiger partial charge in [0.2, 0.25) is 0 Å². The van der Waals surface area contributed by atoms with Crippen molar-refractivity contribution in [3.8, 4) is 10.4 Å². The SMILES string of the molecule is Cc1ccc(C2O[C@H](S)[C@@H](O)[C@H](O)[C@H]2O)cc1Cc1ccc(-c2ccc(F)c(F)c2)s1. The van der Waals surface area contributed by atoms with Gasteiger partial charge >= 0.3 is 0 Å². The number of thiophene rings is 1. The van der Waals surface area contributed by atoms with E-state index < -0.39 is 41.5 Å². The monoisotopic (exact) mass is 464 g/mol. The van der Waals surface area contributed by atoms with E-state index in [2.05, 4.69) is 12.6 Å². The van der Waals surface area contributed by atoms with Crippen LogP contribution < -0.4 is 0 Å². The van der Waals surface area contributed by atoms with E-state index in [1.54, 1.807) is 6.07 Å². The lowest BCUT2D eigenvalue weighted by atomic mass is 9.92. The number of aryl methyl sites for hydroxylation is 1. The molecule has 4 rings (SSSR count). The highest BCUT2D eigenvalue weighted by molar-refractivity contribution is 7.80. The molecule has 8 heteroatoms. The molecule has 0 spiro atoms. The first kappa shape index (κ1) is 22.4. The highest BCUT2D eigenvalue weighted by atomic mass is 32.1. The molecule has 1 unspecified atom stereocenters. The second-order valence-electron chi connectivity index (χ2n) is 7.68. The maximum absolute atomic E-state index is 13.6. The highest BCUT2D eigenvalue weighted by Gasteiger charge is 2.42. The van der Waals surface area contributed by atoms with Crippen molar-refractivity contribution in [2.75, 3.05) is 0 Å². The van der Waals surface area contributed by atoms with Gasteiger partial charge in [0.15, 0.2) is 11.6 Å². The summed E-state index contributed by atoms with van der Waals surface area (Å²) in [4.78, 5) is 1.87. The Bertz CT molecular complexity index is 1090. The second-order valence-corrected chi connectivity index (χ2v) is 9.35. The lowest BCUT2D eigenvalue weighted by molar-refractivity contribution is -0.199. The van der Waals surface area contributed by atoms with Crippen LogP contribution in [0.1, 0.15) is 27.7 Å².